The molecule has 2 N–H and O–H groups in total. The Kier molecular flexibility index (Phi) is 4.70. The monoisotopic (exact) mass is 280 g/mol. The van der Waals surface area contributed by atoms with Gasteiger partial charge in [-0.25, -0.2) is 4.98 Å². The summed E-state index contributed by atoms with van der Waals surface area (Å²) in [5, 5.41) is 11.5. The van der Waals surface area contributed by atoms with Crippen LogP contribution in [0, 0.1) is 25.7 Å². The van der Waals surface area contributed by atoms with Gasteiger partial charge in [0.15, 0.2) is 0 Å². The van der Waals surface area contributed by atoms with Crippen LogP contribution in [0.5, 0.6) is 0 Å². The molecule has 2 aromatic rings. The van der Waals surface area contributed by atoms with Gasteiger partial charge < -0.3 is 10.4 Å². The highest BCUT2D eigenvalue weighted by atomic mass is 16.2. The van der Waals surface area contributed by atoms with E-state index in [1.165, 1.54) is 0 Å². The van der Waals surface area contributed by atoms with Crippen molar-refractivity contribution >= 4 is 11.7 Å². The number of carbonyl (C=O) groups is 1. The van der Waals surface area contributed by atoms with Crippen molar-refractivity contribution in [2.75, 3.05) is 11.9 Å². The maximum absolute atomic E-state index is 12.3. The average Bonchev–Trinajstić information content (AvgIpc) is 2.48. The lowest BCUT2D eigenvalue weighted by Crippen LogP contribution is -2.14. The lowest BCUT2D eigenvalue weighted by molar-refractivity contribution is 0.102. The van der Waals surface area contributed by atoms with Crippen LogP contribution in [-0.4, -0.2) is 22.6 Å². The third kappa shape index (κ3) is 3.68. The topological polar surface area (TPSA) is 62.2 Å². The SMILES string of the molecule is Cc1ccc(C(=O)Nc2ncccc2C)cc1C#CCO. The summed E-state index contributed by atoms with van der Waals surface area (Å²) >= 11 is 0. The summed E-state index contributed by atoms with van der Waals surface area (Å²) in [6, 6.07) is 9.00. The summed E-state index contributed by atoms with van der Waals surface area (Å²) in [6.07, 6.45) is 1.63. The molecule has 0 radical (unpaired) electrons. The number of anilines is 1. The summed E-state index contributed by atoms with van der Waals surface area (Å²) in [5.41, 5.74) is 3.10. The predicted octanol–water partition coefficient (Wildman–Crippen LogP) is 2.29. The van der Waals surface area contributed by atoms with Gasteiger partial charge in [0, 0.05) is 17.3 Å². The normalized spacial score (nSPS) is 9.67. The van der Waals surface area contributed by atoms with Crippen molar-refractivity contribution in [3.63, 3.8) is 0 Å². The van der Waals surface area contributed by atoms with Gasteiger partial charge in [0.25, 0.3) is 5.91 Å². The van der Waals surface area contributed by atoms with E-state index in [4.69, 9.17) is 5.11 Å². The van der Waals surface area contributed by atoms with Gasteiger partial charge in [0.05, 0.1) is 0 Å². The van der Waals surface area contributed by atoms with E-state index in [9.17, 15) is 4.79 Å². The number of aliphatic hydroxyl groups is 1. The third-order valence-electron chi connectivity index (χ3n) is 3.04. The molecule has 1 aromatic carbocycles. The fraction of sp³-hybridized carbons (Fsp3) is 0.176. The standard InChI is InChI=1S/C17H16N2O2/c1-12-7-8-15(11-14(12)6-4-10-20)17(21)19-16-13(2)5-3-9-18-16/h3,5,7-9,11,20H,10H2,1-2H3,(H,18,19,21). The Morgan fingerprint density at radius 2 is 2.10 bits per heavy atom. The van der Waals surface area contributed by atoms with Crippen LogP contribution in [0.3, 0.4) is 0 Å². The molecule has 0 spiro atoms. The Labute approximate surface area is 123 Å². The highest BCUT2D eigenvalue weighted by Crippen LogP contribution is 2.14. The summed E-state index contributed by atoms with van der Waals surface area (Å²) in [6.45, 7) is 3.59. The minimum atomic E-state index is -0.233. The summed E-state index contributed by atoms with van der Waals surface area (Å²) < 4.78 is 0. The van der Waals surface area contributed by atoms with Crippen molar-refractivity contribution < 1.29 is 9.90 Å². The lowest BCUT2D eigenvalue weighted by Gasteiger charge is -2.08. The first-order valence-corrected chi connectivity index (χ1v) is 6.55. The van der Waals surface area contributed by atoms with E-state index in [0.29, 0.717) is 11.4 Å². The number of aromatic nitrogens is 1. The van der Waals surface area contributed by atoms with Crippen molar-refractivity contribution in [3.8, 4) is 11.8 Å². The number of nitrogens with zero attached hydrogens (tertiary/aromatic N) is 1. The van der Waals surface area contributed by atoms with Gasteiger partial charge in [0.1, 0.15) is 12.4 Å². The number of aryl methyl sites for hydroxylation is 2. The van der Waals surface area contributed by atoms with Crippen molar-refractivity contribution in [2.45, 2.75) is 13.8 Å². The molecule has 4 nitrogen and oxygen atoms in total. The highest BCUT2D eigenvalue weighted by Gasteiger charge is 2.09. The van der Waals surface area contributed by atoms with E-state index in [0.717, 1.165) is 16.7 Å². The largest absolute Gasteiger partial charge is 0.384 e. The number of aliphatic hydroxyl groups excluding tert-OH is 1. The molecule has 1 aromatic heterocycles. The smallest absolute Gasteiger partial charge is 0.256 e. The van der Waals surface area contributed by atoms with E-state index in [1.54, 1.807) is 18.3 Å². The zero-order valence-corrected chi connectivity index (χ0v) is 12.0. The Bertz CT molecular complexity index is 727. The molecule has 0 aliphatic carbocycles. The molecule has 4 heteroatoms. The number of hydrogen-bond acceptors (Lipinski definition) is 3. The quantitative estimate of drug-likeness (QED) is 0.830. The molecule has 0 aliphatic heterocycles. The Morgan fingerprint density at radius 3 is 2.81 bits per heavy atom. The Morgan fingerprint density at radius 1 is 1.29 bits per heavy atom. The molecule has 0 atom stereocenters. The Balaban J connectivity index is 2.26. The van der Waals surface area contributed by atoms with Gasteiger partial charge in [-0.05, 0) is 43.2 Å². The number of benzene rings is 1. The minimum absolute atomic E-state index is 0.205. The lowest BCUT2D eigenvalue weighted by atomic mass is 10.0. The summed E-state index contributed by atoms with van der Waals surface area (Å²) in [4.78, 5) is 16.4. The van der Waals surface area contributed by atoms with Gasteiger partial charge in [-0.3, -0.25) is 4.79 Å². The van der Waals surface area contributed by atoms with Gasteiger partial charge in [-0.15, -0.1) is 0 Å². The summed E-state index contributed by atoms with van der Waals surface area (Å²) in [5.74, 6) is 5.74. The molecule has 0 aliphatic rings. The first-order chi connectivity index (χ1) is 10.1. The molecule has 0 fully saturated rings. The number of rotatable bonds is 2. The molecule has 21 heavy (non-hydrogen) atoms. The van der Waals surface area contributed by atoms with Crippen molar-refractivity contribution in [1.29, 1.82) is 0 Å². The highest BCUT2D eigenvalue weighted by molar-refractivity contribution is 6.04. The van der Waals surface area contributed by atoms with E-state index in [-0.39, 0.29) is 12.5 Å². The van der Waals surface area contributed by atoms with Crippen LogP contribution in [-0.2, 0) is 0 Å². The van der Waals surface area contributed by atoms with Crippen LogP contribution in [0.25, 0.3) is 0 Å². The van der Waals surface area contributed by atoms with Crippen LogP contribution in [0.1, 0.15) is 27.0 Å². The second-order valence-electron chi connectivity index (χ2n) is 4.61. The van der Waals surface area contributed by atoms with Crippen LogP contribution in [0.2, 0.25) is 0 Å². The van der Waals surface area contributed by atoms with E-state index in [2.05, 4.69) is 22.1 Å². The van der Waals surface area contributed by atoms with Gasteiger partial charge >= 0.3 is 0 Å². The maximum atomic E-state index is 12.3. The first kappa shape index (κ1) is 14.8. The average molecular weight is 280 g/mol. The van der Waals surface area contributed by atoms with Gasteiger partial charge in [-0.2, -0.15) is 0 Å². The maximum Gasteiger partial charge on any atom is 0.256 e. The molecule has 106 valence electrons. The number of nitrogens with one attached hydrogen (secondary N) is 1. The number of carbonyl (C=O) groups excluding carboxylic acids is 1. The molecule has 1 amide bonds. The van der Waals surface area contributed by atoms with E-state index < -0.39 is 0 Å². The molecule has 0 saturated heterocycles. The second-order valence-corrected chi connectivity index (χ2v) is 4.61. The van der Waals surface area contributed by atoms with Crippen LogP contribution < -0.4 is 5.32 Å². The van der Waals surface area contributed by atoms with Crippen molar-refractivity contribution in [2.24, 2.45) is 0 Å². The predicted molar refractivity (Wildman–Crippen MR) is 82.1 cm³/mol. The third-order valence-corrected chi connectivity index (χ3v) is 3.04. The fourth-order valence-corrected chi connectivity index (χ4v) is 1.83. The zero-order chi connectivity index (χ0) is 15.2. The van der Waals surface area contributed by atoms with Crippen LogP contribution >= 0.6 is 0 Å². The first-order valence-electron chi connectivity index (χ1n) is 6.55. The van der Waals surface area contributed by atoms with Gasteiger partial charge in [-0.1, -0.05) is 24.0 Å². The van der Waals surface area contributed by atoms with Crippen molar-refractivity contribution in [3.05, 3.63) is 58.8 Å². The molecule has 2 rings (SSSR count). The van der Waals surface area contributed by atoms with Gasteiger partial charge in [0.2, 0.25) is 0 Å². The van der Waals surface area contributed by atoms with E-state index >= 15 is 0 Å². The Hall–Kier alpha value is -2.64. The zero-order valence-electron chi connectivity index (χ0n) is 12.0. The van der Waals surface area contributed by atoms with Crippen LogP contribution in [0.4, 0.5) is 5.82 Å². The number of amides is 1. The number of hydrogen-bond donors (Lipinski definition) is 2. The van der Waals surface area contributed by atoms with Crippen LogP contribution in [0.15, 0.2) is 36.5 Å². The molecular formula is C17H16N2O2. The molecule has 0 bridgehead atoms. The molecule has 0 unspecified atom stereocenters. The number of pyridine rings is 1. The van der Waals surface area contributed by atoms with E-state index in [1.807, 2.05) is 32.0 Å². The molecular weight excluding hydrogens is 264 g/mol. The minimum Gasteiger partial charge on any atom is -0.384 e. The second kappa shape index (κ2) is 6.69. The molecule has 1 heterocycles. The van der Waals surface area contributed by atoms with Crippen molar-refractivity contribution in [1.82, 2.24) is 4.98 Å². The summed E-state index contributed by atoms with van der Waals surface area (Å²) in [7, 11) is 0. The fourth-order valence-electron chi connectivity index (χ4n) is 1.83. The molecule has 0 saturated carbocycles.